The molecule has 27 heavy (non-hydrogen) atoms. The molecule has 1 aromatic heterocycles. The van der Waals surface area contributed by atoms with Gasteiger partial charge in [0, 0.05) is 37.8 Å². The minimum Gasteiger partial charge on any atom is -0.350 e. The maximum atomic E-state index is 12.6. The van der Waals surface area contributed by atoms with Crippen molar-refractivity contribution in [3.05, 3.63) is 30.1 Å². The quantitative estimate of drug-likeness (QED) is 0.859. The first-order chi connectivity index (χ1) is 13.0. The number of nitrogens with one attached hydrogen (secondary N) is 1. The normalized spacial score (nSPS) is 22.0. The van der Waals surface area contributed by atoms with E-state index in [0.29, 0.717) is 12.6 Å². The molecule has 148 valence electrons. The topological polar surface area (TPSA) is 65.5 Å². The molecule has 3 heterocycles. The number of rotatable bonds is 5. The van der Waals surface area contributed by atoms with E-state index < -0.39 is 0 Å². The van der Waals surface area contributed by atoms with Gasteiger partial charge in [-0.15, -0.1) is 0 Å². The number of amides is 2. The molecule has 0 radical (unpaired) electrons. The van der Waals surface area contributed by atoms with E-state index in [9.17, 15) is 9.59 Å². The number of piperidine rings is 2. The molecule has 0 spiro atoms. The molecule has 2 saturated heterocycles. The highest BCUT2D eigenvalue weighted by Crippen LogP contribution is 2.24. The van der Waals surface area contributed by atoms with E-state index in [4.69, 9.17) is 0 Å². The molecule has 0 bridgehead atoms. The van der Waals surface area contributed by atoms with Crippen molar-refractivity contribution in [1.29, 1.82) is 0 Å². The van der Waals surface area contributed by atoms with Gasteiger partial charge in [0.15, 0.2) is 0 Å². The molecular weight excluding hydrogens is 340 g/mol. The second kappa shape index (κ2) is 9.31. The van der Waals surface area contributed by atoms with Crippen LogP contribution >= 0.6 is 0 Å². The summed E-state index contributed by atoms with van der Waals surface area (Å²) < 4.78 is 0. The minimum absolute atomic E-state index is 0.0535. The molecule has 0 saturated carbocycles. The molecule has 0 aromatic carbocycles. The van der Waals surface area contributed by atoms with Crippen LogP contribution in [0.4, 0.5) is 0 Å². The van der Waals surface area contributed by atoms with Crippen LogP contribution in [0.5, 0.6) is 0 Å². The summed E-state index contributed by atoms with van der Waals surface area (Å²) in [4.78, 5) is 33.5. The van der Waals surface area contributed by atoms with Crippen molar-refractivity contribution in [1.82, 2.24) is 20.1 Å². The van der Waals surface area contributed by atoms with E-state index in [1.54, 1.807) is 6.20 Å². The molecule has 1 aromatic rings. The van der Waals surface area contributed by atoms with E-state index in [-0.39, 0.29) is 23.7 Å². The number of carbonyl (C=O) groups is 2. The molecule has 1 atom stereocenters. The first-order valence-electron chi connectivity index (χ1n) is 10.2. The average Bonchev–Trinajstić information content (AvgIpc) is 2.72. The van der Waals surface area contributed by atoms with Crippen LogP contribution in [0.1, 0.15) is 45.2 Å². The molecule has 2 aliphatic heterocycles. The second-order valence-corrected chi connectivity index (χ2v) is 8.08. The predicted molar refractivity (Wildman–Crippen MR) is 105 cm³/mol. The van der Waals surface area contributed by atoms with Crippen molar-refractivity contribution < 1.29 is 9.59 Å². The number of hydrogen-bond donors (Lipinski definition) is 1. The van der Waals surface area contributed by atoms with Crippen molar-refractivity contribution in [2.45, 2.75) is 52.1 Å². The molecular formula is C21H32N4O2. The van der Waals surface area contributed by atoms with Crippen molar-refractivity contribution in [3.8, 4) is 0 Å². The first kappa shape index (κ1) is 19.8. The zero-order valence-electron chi connectivity index (χ0n) is 16.6. The molecule has 0 unspecified atom stereocenters. The van der Waals surface area contributed by atoms with Gasteiger partial charge in [-0.05, 0) is 44.4 Å². The van der Waals surface area contributed by atoms with Gasteiger partial charge in [0.1, 0.15) is 0 Å². The van der Waals surface area contributed by atoms with Gasteiger partial charge in [0.05, 0.1) is 18.2 Å². The summed E-state index contributed by atoms with van der Waals surface area (Å²) in [6.07, 6.45) is 5.80. The highest BCUT2D eigenvalue weighted by atomic mass is 16.2. The Morgan fingerprint density at radius 1 is 1.19 bits per heavy atom. The van der Waals surface area contributed by atoms with Crippen LogP contribution in [0, 0.1) is 11.8 Å². The fraction of sp³-hybridized carbons (Fsp3) is 0.667. The first-order valence-corrected chi connectivity index (χ1v) is 10.2. The Morgan fingerprint density at radius 3 is 2.63 bits per heavy atom. The van der Waals surface area contributed by atoms with E-state index >= 15 is 0 Å². The van der Waals surface area contributed by atoms with Crippen LogP contribution < -0.4 is 5.32 Å². The summed E-state index contributed by atoms with van der Waals surface area (Å²) in [5.74, 6) is 0.526. The Balaban J connectivity index is 1.46. The van der Waals surface area contributed by atoms with Crippen molar-refractivity contribution >= 4 is 11.8 Å². The fourth-order valence-corrected chi connectivity index (χ4v) is 4.19. The number of pyridine rings is 1. The number of aromatic nitrogens is 1. The van der Waals surface area contributed by atoms with Crippen LogP contribution in [0.15, 0.2) is 24.4 Å². The van der Waals surface area contributed by atoms with Crippen molar-refractivity contribution in [2.75, 3.05) is 26.2 Å². The predicted octanol–water partition coefficient (Wildman–Crippen LogP) is 2.06. The van der Waals surface area contributed by atoms with Gasteiger partial charge in [-0.1, -0.05) is 19.9 Å². The summed E-state index contributed by atoms with van der Waals surface area (Å²) in [6.45, 7) is 8.00. The summed E-state index contributed by atoms with van der Waals surface area (Å²) in [6, 6.07) is 6.24. The summed E-state index contributed by atoms with van der Waals surface area (Å²) in [5.41, 5.74) is 0.890. The van der Waals surface area contributed by atoms with E-state index in [1.165, 1.54) is 0 Å². The molecule has 6 heteroatoms. The van der Waals surface area contributed by atoms with Gasteiger partial charge in [-0.2, -0.15) is 0 Å². The minimum atomic E-state index is 0.0535. The largest absolute Gasteiger partial charge is 0.350 e. The lowest BCUT2D eigenvalue weighted by molar-refractivity contribution is -0.136. The lowest BCUT2D eigenvalue weighted by Gasteiger charge is -2.42. The molecule has 2 amide bonds. The maximum Gasteiger partial charge on any atom is 0.225 e. The smallest absolute Gasteiger partial charge is 0.225 e. The molecule has 6 nitrogen and oxygen atoms in total. The van der Waals surface area contributed by atoms with Gasteiger partial charge >= 0.3 is 0 Å². The summed E-state index contributed by atoms with van der Waals surface area (Å²) in [7, 11) is 0. The zero-order valence-corrected chi connectivity index (χ0v) is 16.6. The van der Waals surface area contributed by atoms with Crippen LogP contribution in [0.2, 0.25) is 0 Å². The lowest BCUT2D eigenvalue weighted by atomic mass is 9.93. The van der Waals surface area contributed by atoms with Crippen molar-refractivity contribution in [2.24, 2.45) is 11.8 Å². The Hall–Kier alpha value is -1.95. The highest BCUT2D eigenvalue weighted by molar-refractivity contribution is 5.79. The van der Waals surface area contributed by atoms with E-state index in [0.717, 1.165) is 57.6 Å². The lowest BCUT2D eigenvalue weighted by Crippen LogP contribution is -2.52. The zero-order chi connectivity index (χ0) is 19.2. The van der Waals surface area contributed by atoms with Gasteiger partial charge in [-0.25, -0.2) is 0 Å². The SMILES string of the molecule is CC(C)C(=O)N1CCC(N2CCC[C@@H](C(=O)NCc3ccccn3)C2)CC1. The molecule has 3 rings (SSSR count). The molecule has 2 aliphatic rings. The maximum absolute atomic E-state index is 12.6. The summed E-state index contributed by atoms with van der Waals surface area (Å²) >= 11 is 0. The standard InChI is InChI=1S/C21H32N4O2/c1-16(2)21(27)24-12-8-19(9-13-24)25-11-5-6-17(15-25)20(26)23-14-18-7-3-4-10-22-18/h3-4,7,10,16-17,19H,5-6,8-9,11-15H2,1-2H3,(H,23,26)/t17-/m1/s1. The van der Waals surface area contributed by atoms with Crippen LogP contribution in [0.25, 0.3) is 0 Å². The highest BCUT2D eigenvalue weighted by Gasteiger charge is 2.32. The third kappa shape index (κ3) is 5.28. The van der Waals surface area contributed by atoms with Crippen LogP contribution in [-0.4, -0.2) is 58.8 Å². The Labute approximate surface area is 162 Å². The fourth-order valence-electron chi connectivity index (χ4n) is 4.19. The molecule has 0 aliphatic carbocycles. The Bertz CT molecular complexity index is 626. The van der Waals surface area contributed by atoms with E-state index in [2.05, 4.69) is 15.2 Å². The van der Waals surface area contributed by atoms with Gasteiger partial charge < -0.3 is 10.2 Å². The number of likely N-dealkylation sites (tertiary alicyclic amines) is 2. The summed E-state index contributed by atoms with van der Waals surface area (Å²) in [5, 5.41) is 3.05. The number of hydrogen-bond acceptors (Lipinski definition) is 4. The average molecular weight is 373 g/mol. The second-order valence-electron chi connectivity index (χ2n) is 8.08. The monoisotopic (exact) mass is 372 g/mol. The van der Waals surface area contributed by atoms with Gasteiger partial charge in [0.25, 0.3) is 0 Å². The van der Waals surface area contributed by atoms with Gasteiger partial charge in [-0.3, -0.25) is 19.5 Å². The third-order valence-electron chi connectivity index (χ3n) is 5.78. The van der Waals surface area contributed by atoms with E-state index in [1.807, 2.05) is 36.9 Å². The Morgan fingerprint density at radius 2 is 1.96 bits per heavy atom. The number of nitrogens with zero attached hydrogens (tertiary/aromatic N) is 3. The van der Waals surface area contributed by atoms with Crippen molar-refractivity contribution in [3.63, 3.8) is 0 Å². The molecule has 1 N–H and O–H groups in total. The van der Waals surface area contributed by atoms with Crippen LogP contribution in [0.3, 0.4) is 0 Å². The number of carbonyl (C=O) groups excluding carboxylic acids is 2. The Kier molecular flexibility index (Phi) is 6.83. The van der Waals surface area contributed by atoms with Crippen LogP contribution in [-0.2, 0) is 16.1 Å². The van der Waals surface area contributed by atoms with Gasteiger partial charge in [0.2, 0.25) is 11.8 Å². The third-order valence-corrected chi connectivity index (χ3v) is 5.78. The molecule has 2 fully saturated rings.